The first-order chi connectivity index (χ1) is 14.5. The van der Waals surface area contributed by atoms with Crippen molar-refractivity contribution >= 4 is 35.0 Å². The number of ether oxygens (including phenoxy) is 2. The summed E-state index contributed by atoms with van der Waals surface area (Å²) in [6, 6.07) is 9.73. The van der Waals surface area contributed by atoms with E-state index < -0.39 is 0 Å². The molecule has 30 heavy (non-hydrogen) atoms. The summed E-state index contributed by atoms with van der Waals surface area (Å²) in [7, 11) is 0. The van der Waals surface area contributed by atoms with Crippen molar-refractivity contribution in [1.82, 2.24) is 4.90 Å². The number of benzene rings is 2. The van der Waals surface area contributed by atoms with Crippen molar-refractivity contribution in [2.24, 2.45) is 0 Å². The summed E-state index contributed by atoms with van der Waals surface area (Å²) >= 11 is 6.19. The average Bonchev–Trinajstić information content (AvgIpc) is 3.23. The van der Waals surface area contributed by atoms with E-state index >= 15 is 0 Å². The van der Waals surface area contributed by atoms with E-state index in [1.54, 1.807) is 18.2 Å². The lowest BCUT2D eigenvalue weighted by Crippen LogP contribution is -2.46. The number of piperazine rings is 1. The van der Waals surface area contributed by atoms with E-state index in [0.717, 1.165) is 49.5 Å². The molecule has 1 amide bonds. The van der Waals surface area contributed by atoms with Crippen LogP contribution in [0.15, 0.2) is 36.4 Å². The molecule has 0 aliphatic carbocycles. The van der Waals surface area contributed by atoms with Gasteiger partial charge in [-0.05, 0) is 61.0 Å². The van der Waals surface area contributed by atoms with E-state index in [-0.39, 0.29) is 12.7 Å². The van der Waals surface area contributed by atoms with Gasteiger partial charge in [-0.15, -0.1) is 0 Å². The van der Waals surface area contributed by atoms with Crippen molar-refractivity contribution < 1.29 is 14.3 Å². The van der Waals surface area contributed by atoms with Crippen molar-refractivity contribution in [1.29, 1.82) is 0 Å². The predicted octanol–water partition coefficient (Wildman–Crippen LogP) is 4.17. The Morgan fingerprint density at radius 3 is 2.70 bits per heavy atom. The van der Waals surface area contributed by atoms with Crippen LogP contribution in [0.1, 0.15) is 18.1 Å². The molecule has 6 nitrogen and oxygen atoms in total. The molecule has 0 atom stereocenters. The maximum atomic E-state index is 12.4. The Hall–Kier alpha value is -2.70. The van der Waals surface area contributed by atoms with E-state index in [9.17, 15) is 4.79 Å². The Morgan fingerprint density at radius 2 is 1.97 bits per heavy atom. The number of likely N-dealkylation sites (N-methyl/N-ethyl adjacent to an activating group) is 1. The van der Waals surface area contributed by atoms with Gasteiger partial charge < -0.3 is 24.6 Å². The van der Waals surface area contributed by atoms with Crippen LogP contribution in [0.2, 0.25) is 5.02 Å². The van der Waals surface area contributed by atoms with E-state index in [2.05, 4.69) is 34.2 Å². The number of nitrogens with zero attached hydrogens (tertiary/aromatic N) is 2. The van der Waals surface area contributed by atoms with Gasteiger partial charge in [-0.1, -0.05) is 18.5 Å². The van der Waals surface area contributed by atoms with Crippen LogP contribution >= 0.6 is 11.6 Å². The second-order valence-electron chi connectivity index (χ2n) is 7.48. The summed E-state index contributed by atoms with van der Waals surface area (Å²) in [5, 5.41) is 3.42. The summed E-state index contributed by atoms with van der Waals surface area (Å²) in [4.78, 5) is 17.3. The third kappa shape index (κ3) is 4.55. The normalized spacial score (nSPS) is 16.3. The second kappa shape index (κ2) is 8.98. The molecule has 0 bridgehead atoms. The van der Waals surface area contributed by atoms with Gasteiger partial charge in [-0.25, -0.2) is 0 Å². The molecule has 2 aliphatic heterocycles. The zero-order valence-corrected chi connectivity index (χ0v) is 18.0. The first-order valence-corrected chi connectivity index (χ1v) is 10.6. The molecule has 0 unspecified atom stereocenters. The number of amides is 1. The highest BCUT2D eigenvalue weighted by atomic mass is 35.5. The number of carbonyl (C=O) groups excluding carboxylic acids is 1. The fourth-order valence-electron chi connectivity index (χ4n) is 3.74. The molecule has 0 spiro atoms. The monoisotopic (exact) mass is 427 g/mol. The molecule has 1 fully saturated rings. The molecule has 1 N–H and O–H groups in total. The third-order valence-corrected chi connectivity index (χ3v) is 5.81. The van der Waals surface area contributed by atoms with Gasteiger partial charge in [0.05, 0.1) is 5.02 Å². The summed E-state index contributed by atoms with van der Waals surface area (Å²) in [5.41, 5.74) is 3.83. The van der Waals surface area contributed by atoms with Gasteiger partial charge in [0.15, 0.2) is 11.5 Å². The van der Waals surface area contributed by atoms with Crippen molar-refractivity contribution in [3.05, 3.63) is 52.6 Å². The van der Waals surface area contributed by atoms with Crippen LogP contribution in [0.3, 0.4) is 0 Å². The number of fused-ring (bicyclic) bond motifs is 1. The molecule has 0 saturated carbocycles. The zero-order valence-electron chi connectivity index (χ0n) is 17.3. The molecule has 2 aromatic carbocycles. The Morgan fingerprint density at radius 1 is 1.17 bits per heavy atom. The molecule has 2 aliphatic rings. The van der Waals surface area contributed by atoms with Gasteiger partial charge in [-0.3, -0.25) is 4.79 Å². The van der Waals surface area contributed by atoms with Gasteiger partial charge in [-0.2, -0.15) is 0 Å². The van der Waals surface area contributed by atoms with Crippen LogP contribution in [0, 0.1) is 6.92 Å². The minimum absolute atomic E-state index is 0.159. The molecular weight excluding hydrogens is 402 g/mol. The molecule has 1 saturated heterocycles. The van der Waals surface area contributed by atoms with Crippen LogP contribution in [0.5, 0.6) is 11.5 Å². The molecule has 0 aromatic heterocycles. The number of hydrogen-bond acceptors (Lipinski definition) is 5. The number of halogens is 1. The molecular formula is C23H26ClN3O3. The van der Waals surface area contributed by atoms with Gasteiger partial charge in [0, 0.05) is 43.6 Å². The summed E-state index contributed by atoms with van der Waals surface area (Å²) in [6.45, 7) is 9.71. The lowest BCUT2D eigenvalue weighted by molar-refractivity contribution is -0.111. The Kier molecular flexibility index (Phi) is 6.16. The molecule has 2 aromatic rings. The fraction of sp³-hybridized carbons (Fsp3) is 0.348. The average molecular weight is 428 g/mol. The van der Waals surface area contributed by atoms with Crippen LogP contribution in [0.25, 0.3) is 6.08 Å². The van der Waals surface area contributed by atoms with E-state index in [0.29, 0.717) is 16.5 Å². The first-order valence-electron chi connectivity index (χ1n) is 10.2. The quantitative estimate of drug-likeness (QED) is 0.726. The summed E-state index contributed by atoms with van der Waals surface area (Å²) < 4.78 is 10.7. The smallest absolute Gasteiger partial charge is 0.248 e. The van der Waals surface area contributed by atoms with E-state index in [1.807, 2.05) is 13.0 Å². The van der Waals surface area contributed by atoms with Crippen LogP contribution in [0.4, 0.5) is 11.4 Å². The van der Waals surface area contributed by atoms with Crippen molar-refractivity contribution in [3.63, 3.8) is 0 Å². The van der Waals surface area contributed by atoms with Crippen molar-refractivity contribution in [3.8, 4) is 11.5 Å². The van der Waals surface area contributed by atoms with Crippen molar-refractivity contribution in [2.45, 2.75) is 13.8 Å². The highest BCUT2D eigenvalue weighted by Crippen LogP contribution is 2.40. The van der Waals surface area contributed by atoms with Gasteiger partial charge in [0.25, 0.3) is 0 Å². The molecule has 0 radical (unpaired) electrons. The highest BCUT2D eigenvalue weighted by molar-refractivity contribution is 6.32. The predicted molar refractivity (Wildman–Crippen MR) is 121 cm³/mol. The Labute approximate surface area is 182 Å². The maximum Gasteiger partial charge on any atom is 0.248 e. The number of hydrogen-bond donors (Lipinski definition) is 1. The first kappa shape index (κ1) is 20.6. The summed E-state index contributed by atoms with van der Waals surface area (Å²) in [6.07, 6.45) is 3.20. The van der Waals surface area contributed by atoms with Crippen LogP contribution < -0.4 is 19.7 Å². The molecule has 158 valence electrons. The molecule has 7 heteroatoms. The Bertz CT molecular complexity index is 968. The second-order valence-corrected chi connectivity index (χ2v) is 7.89. The van der Waals surface area contributed by atoms with E-state index in [1.165, 1.54) is 11.8 Å². The number of aryl methyl sites for hydroxylation is 1. The Balaban J connectivity index is 1.39. The fourth-order valence-corrected chi connectivity index (χ4v) is 4.01. The molecule has 2 heterocycles. The maximum absolute atomic E-state index is 12.4. The van der Waals surface area contributed by atoms with E-state index in [4.69, 9.17) is 21.1 Å². The summed E-state index contributed by atoms with van der Waals surface area (Å²) in [5.74, 6) is 0.940. The van der Waals surface area contributed by atoms with Crippen LogP contribution in [-0.2, 0) is 4.79 Å². The standard InChI is InChI=1S/C23H26ClN3O3/c1-3-26-8-10-27(11-9-26)18-5-6-20(16(2)12-18)25-22(28)7-4-17-13-19(24)23-21(14-17)29-15-30-23/h4-7,12-14H,3,8-11,15H2,1-2H3,(H,25,28)/b7-4+. The van der Waals surface area contributed by atoms with Crippen LogP contribution in [-0.4, -0.2) is 50.3 Å². The lowest BCUT2D eigenvalue weighted by atomic mass is 10.1. The topological polar surface area (TPSA) is 54.0 Å². The third-order valence-electron chi connectivity index (χ3n) is 5.53. The van der Waals surface area contributed by atoms with Crippen molar-refractivity contribution in [2.75, 3.05) is 49.7 Å². The number of carbonyl (C=O) groups is 1. The molecule has 4 rings (SSSR count). The SMILES string of the molecule is CCN1CCN(c2ccc(NC(=O)/C=C/c3cc(Cl)c4c(c3)OCO4)c(C)c2)CC1. The minimum Gasteiger partial charge on any atom is -0.454 e. The van der Waals surface area contributed by atoms with Gasteiger partial charge in [0.2, 0.25) is 12.7 Å². The largest absolute Gasteiger partial charge is 0.454 e. The number of rotatable bonds is 5. The highest BCUT2D eigenvalue weighted by Gasteiger charge is 2.18. The lowest BCUT2D eigenvalue weighted by Gasteiger charge is -2.35. The zero-order chi connectivity index (χ0) is 21.1. The van der Waals surface area contributed by atoms with Gasteiger partial charge in [0.1, 0.15) is 0 Å². The number of nitrogens with one attached hydrogen (secondary N) is 1. The number of anilines is 2. The minimum atomic E-state index is -0.198. The van der Waals surface area contributed by atoms with Gasteiger partial charge >= 0.3 is 0 Å².